The number of esters is 1. The summed E-state index contributed by atoms with van der Waals surface area (Å²) in [6.45, 7) is 0.771. The van der Waals surface area contributed by atoms with Crippen molar-refractivity contribution in [2.24, 2.45) is 0 Å². The van der Waals surface area contributed by atoms with Gasteiger partial charge < -0.3 is 15.2 Å². The Balaban J connectivity index is 2.31. The van der Waals surface area contributed by atoms with Gasteiger partial charge in [-0.05, 0) is 36.6 Å². The zero-order valence-electron chi connectivity index (χ0n) is 9.23. The number of rotatable bonds is 2. The molecule has 4 nitrogen and oxygen atoms in total. The maximum atomic E-state index is 11.4. The Bertz CT molecular complexity index is 397. The van der Waals surface area contributed by atoms with Crippen LogP contribution >= 0.6 is 0 Å². The molecule has 0 aliphatic carbocycles. The van der Waals surface area contributed by atoms with Gasteiger partial charge in [0, 0.05) is 12.3 Å². The van der Waals surface area contributed by atoms with Crippen molar-refractivity contribution in [1.29, 1.82) is 0 Å². The summed E-state index contributed by atoms with van der Waals surface area (Å²) in [5.41, 5.74) is 7.76. The topological polar surface area (TPSA) is 61.5 Å². The van der Waals surface area contributed by atoms with Crippen LogP contribution in [0.5, 0.6) is 0 Å². The number of anilines is 1. The maximum Gasteiger partial charge on any atom is 0.337 e. The molecule has 1 heterocycles. The fourth-order valence-electron chi connectivity index (χ4n) is 1.94. The second-order valence-corrected chi connectivity index (χ2v) is 3.88. The van der Waals surface area contributed by atoms with E-state index in [1.807, 2.05) is 6.07 Å². The Kier molecular flexibility index (Phi) is 3.10. The molecule has 2 N–H and O–H groups in total. The maximum absolute atomic E-state index is 11.4. The van der Waals surface area contributed by atoms with E-state index in [0.29, 0.717) is 11.3 Å². The number of carbonyl (C=O) groups excluding carboxylic acids is 1. The van der Waals surface area contributed by atoms with Gasteiger partial charge in [-0.15, -0.1) is 0 Å². The van der Waals surface area contributed by atoms with E-state index in [1.165, 1.54) is 7.11 Å². The average Bonchev–Trinajstić information content (AvgIpc) is 2.80. The van der Waals surface area contributed by atoms with E-state index < -0.39 is 0 Å². The van der Waals surface area contributed by atoms with Gasteiger partial charge in [-0.1, -0.05) is 0 Å². The van der Waals surface area contributed by atoms with Gasteiger partial charge in [0.05, 0.1) is 18.8 Å². The van der Waals surface area contributed by atoms with E-state index in [2.05, 4.69) is 4.74 Å². The second kappa shape index (κ2) is 4.53. The van der Waals surface area contributed by atoms with Crippen LogP contribution in [0.4, 0.5) is 5.69 Å². The summed E-state index contributed by atoms with van der Waals surface area (Å²) in [6.07, 6.45) is 2.09. The number of benzene rings is 1. The van der Waals surface area contributed by atoms with Gasteiger partial charge in [0.1, 0.15) is 0 Å². The predicted molar refractivity (Wildman–Crippen MR) is 60.1 cm³/mol. The molecule has 0 bridgehead atoms. The van der Waals surface area contributed by atoms with Crippen LogP contribution in [0, 0.1) is 0 Å². The van der Waals surface area contributed by atoms with Gasteiger partial charge in [-0.25, -0.2) is 4.79 Å². The molecular formula is C12H15NO3. The van der Waals surface area contributed by atoms with Gasteiger partial charge in [-0.3, -0.25) is 0 Å². The summed E-state index contributed by atoms with van der Waals surface area (Å²) in [6, 6.07) is 5.25. The molecular weight excluding hydrogens is 206 g/mol. The van der Waals surface area contributed by atoms with Crippen molar-refractivity contribution in [2.45, 2.75) is 18.9 Å². The molecule has 0 amide bonds. The molecule has 0 aromatic heterocycles. The quantitative estimate of drug-likeness (QED) is 0.612. The van der Waals surface area contributed by atoms with Crippen molar-refractivity contribution in [3.8, 4) is 0 Å². The number of carbonyl (C=O) groups is 1. The van der Waals surface area contributed by atoms with Crippen LogP contribution in [0.15, 0.2) is 18.2 Å². The minimum atomic E-state index is -0.369. The zero-order chi connectivity index (χ0) is 11.5. The van der Waals surface area contributed by atoms with Gasteiger partial charge in [0.25, 0.3) is 0 Å². The lowest BCUT2D eigenvalue weighted by molar-refractivity contribution is 0.0600. The van der Waals surface area contributed by atoms with Crippen LogP contribution in [0.3, 0.4) is 0 Å². The van der Waals surface area contributed by atoms with Crippen LogP contribution < -0.4 is 5.73 Å². The van der Waals surface area contributed by atoms with E-state index in [0.717, 1.165) is 25.0 Å². The highest BCUT2D eigenvalue weighted by atomic mass is 16.5. The third-order valence-corrected chi connectivity index (χ3v) is 2.70. The van der Waals surface area contributed by atoms with Gasteiger partial charge in [0.15, 0.2) is 0 Å². The Morgan fingerprint density at radius 3 is 2.94 bits per heavy atom. The first-order valence-electron chi connectivity index (χ1n) is 5.31. The normalized spacial score (nSPS) is 19.7. The minimum Gasteiger partial charge on any atom is -0.465 e. The molecule has 16 heavy (non-hydrogen) atoms. The lowest BCUT2D eigenvalue weighted by Crippen LogP contribution is -2.05. The Morgan fingerprint density at radius 1 is 1.50 bits per heavy atom. The summed E-state index contributed by atoms with van der Waals surface area (Å²) >= 11 is 0. The van der Waals surface area contributed by atoms with Crippen LogP contribution in [0.2, 0.25) is 0 Å². The largest absolute Gasteiger partial charge is 0.465 e. The van der Waals surface area contributed by atoms with Crippen molar-refractivity contribution in [3.63, 3.8) is 0 Å². The Morgan fingerprint density at radius 2 is 2.31 bits per heavy atom. The molecule has 86 valence electrons. The van der Waals surface area contributed by atoms with Crippen LogP contribution in [-0.4, -0.2) is 19.7 Å². The van der Waals surface area contributed by atoms with E-state index in [-0.39, 0.29) is 12.1 Å². The van der Waals surface area contributed by atoms with E-state index in [4.69, 9.17) is 10.5 Å². The zero-order valence-corrected chi connectivity index (χ0v) is 9.23. The SMILES string of the molecule is COC(=O)c1cc(N)cc(C2CCCO2)c1. The average molecular weight is 221 g/mol. The molecule has 2 rings (SSSR count). The number of nitrogen functional groups attached to an aromatic ring is 1. The molecule has 1 aliphatic heterocycles. The number of methoxy groups -OCH3 is 1. The summed E-state index contributed by atoms with van der Waals surface area (Å²) in [5.74, 6) is -0.369. The summed E-state index contributed by atoms with van der Waals surface area (Å²) in [5, 5.41) is 0. The molecule has 1 saturated heterocycles. The Hall–Kier alpha value is -1.55. The van der Waals surface area contributed by atoms with Crippen LogP contribution in [0.25, 0.3) is 0 Å². The van der Waals surface area contributed by atoms with Crippen LogP contribution in [0.1, 0.15) is 34.9 Å². The lowest BCUT2D eigenvalue weighted by atomic mass is 10.0. The highest BCUT2D eigenvalue weighted by Crippen LogP contribution is 2.30. The standard InChI is InChI=1S/C12H15NO3/c1-15-12(14)9-5-8(6-10(13)7-9)11-3-2-4-16-11/h5-7,11H,2-4,13H2,1H3. The van der Waals surface area contributed by atoms with Crippen molar-refractivity contribution in [1.82, 2.24) is 0 Å². The highest BCUT2D eigenvalue weighted by Gasteiger charge is 2.19. The molecule has 0 radical (unpaired) electrons. The third kappa shape index (κ3) is 2.17. The molecule has 1 aromatic rings. The number of ether oxygens (including phenoxy) is 2. The van der Waals surface area contributed by atoms with Crippen molar-refractivity contribution in [2.75, 3.05) is 19.5 Å². The molecule has 0 spiro atoms. The molecule has 4 heteroatoms. The number of nitrogens with two attached hydrogens (primary N) is 1. The molecule has 1 aliphatic rings. The summed E-state index contributed by atoms with van der Waals surface area (Å²) < 4.78 is 10.2. The minimum absolute atomic E-state index is 0.0620. The van der Waals surface area contributed by atoms with Gasteiger partial charge >= 0.3 is 5.97 Å². The first kappa shape index (κ1) is 11.0. The van der Waals surface area contributed by atoms with Gasteiger partial charge in [-0.2, -0.15) is 0 Å². The van der Waals surface area contributed by atoms with Gasteiger partial charge in [0.2, 0.25) is 0 Å². The summed E-state index contributed by atoms with van der Waals surface area (Å²) in [4.78, 5) is 11.4. The highest BCUT2D eigenvalue weighted by molar-refractivity contribution is 5.90. The lowest BCUT2D eigenvalue weighted by Gasteiger charge is -2.12. The van der Waals surface area contributed by atoms with E-state index in [1.54, 1.807) is 12.1 Å². The molecule has 1 atom stereocenters. The molecule has 1 aromatic carbocycles. The first-order valence-corrected chi connectivity index (χ1v) is 5.31. The monoisotopic (exact) mass is 221 g/mol. The van der Waals surface area contributed by atoms with E-state index in [9.17, 15) is 4.79 Å². The molecule has 1 unspecified atom stereocenters. The second-order valence-electron chi connectivity index (χ2n) is 3.88. The van der Waals surface area contributed by atoms with Crippen molar-refractivity contribution >= 4 is 11.7 Å². The smallest absolute Gasteiger partial charge is 0.337 e. The van der Waals surface area contributed by atoms with Crippen molar-refractivity contribution in [3.05, 3.63) is 29.3 Å². The number of hydrogen-bond donors (Lipinski definition) is 1. The Labute approximate surface area is 94.3 Å². The van der Waals surface area contributed by atoms with Crippen molar-refractivity contribution < 1.29 is 14.3 Å². The number of hydrogen-bond acceptors (Lipinski definition) is 4. The first-order chi connectivity index (χ1) is 7.70. The fourth-order valence-corrected chi connectivity index (χ4v) is 1.94. The molecule has 0 saturated carbocycles. The van der Waals surface area contributed by atoms with E-state index >= 15 is 0 Å². The van der Waals surface area contributed by atoms with Crippen LogP contribution in [-0.2, 0) is 9.47 Å². The summed E-state index contributed by atoms with van der Waals surface area (Å²) in [7, 11) is 1.36. The predicted octanol–water partition coefficient (Wildman–Crippen LogP) is 1.91. The molecule has 1 fully saturated rings. The third-order valence-electron chi connectivity index (χ3n) is 2.70. The fraction of sp³-hybridized carbons (Fsp3) is 0.417.